The van der Waals surface area contributed by atoms with Crippen molar-refractivity contribution in [2.24, 2.45) is 5.92 Å². The van der Waals surface area contributed by atoms with E-state index in [-0.39, 0.29) is 12.0 Å². The molecule has 3 nitrogen and oxygen atoms in total. The molecule has 1 aromatic carbocycles. The average Bonchev–Trinajstić information content (AvgIpc) is 2.41. The smallest absolute Gasteiger partial charge is 0.251 e. The van der Waals surface area contributed by atoms with E-state index < -0.39 is 0 Å². The van der Waals surface area contributed by atoms with Gasteiger partial charge in [-0.05, 0) is 68.7 Å². The molecule has 1 amide bonds. The highest BCUT2D eigenvalue weighted by Crippen LogP contribution is 2.23. The molecule has 104 valence electrons. The highest BCUT2D eigenvalue weighted by molar-refractivity contribution is 5.94. The van der Waals surface area contributed by atoms with Crippen molar-refractivity contribution in [2.45, 2.75) is 45.6 Å². The number of carbonyl (C=O) groups excluding carboxylic acids is 1. The zero-order valence-corrected chi connectivity index (χ0v) is 11.8. The van der Waals surface area contributed by atoms with Crippen LogP contribution in [0.4, 0.5) is 0 Å². The summed E-state index contributed by atoms with van der Waals surface area (Å²) in [7, 11) is 0. The molecule has 0 spiro atoms. The molecule has 2 N–H and O–H groups in total. The molecule has 0 heterocycles. The third kappa shape index (κ3) is 3.80. The van der Waals surface area contributed by atoms with Crippen LogP contribution in [0.2, 0.25) is 0 Å². The topological polar surface area (TPSA) is 49.3 Å². The standard InChI is InChI=1S/C16H23NO2/c1-11-3-6-14(9-12(11)2)16(19)17-10-13-4-7-15(18)8-5-13/h3,6,9,13,15,18H,4-5,7-8,10H2,1-2H3,(H,17,19). The number of hydrogen-bond donors (Lipinski definition) is 2. The van der Waals surface area contributed by atoms with Gasteiger partial charge in [0, 0.05) is 12.1 Å². The lowest BCUT2D eigenvalue weighted by atomic mass is 9.87. The van der Waals surface area contributed by atoms with Crippen LogP contribution in [0.1, 0.15) is 47.2 Å². The summed E-state index contributed by atoms with van der Waals surface area (Å²) in [5.41, 5.74) is 3.09. The molecule has 0 radical (unpaired) electrons. The van der Waals surface area contributed by atoms with Crippen LogP contribution in [-0.2, 0) is 0 Å². The molecule has 2 rings (SSSR count). The summed E-state index contributed by atoms with van der Waals surface area (Å²) in [6, 6.07) is 5.80. The van der Waals surface area contributed by atoms with E-state index in [1.807, 2.05) is 32.0 Å². The van der Waals surface area contributed by atoms with Crippen LogP contribution in [0.5, 0.6) is 0 Å². The van der Waals surface area contributed by atoms with Crippen molar-refractivity contribution in [1.82, 2.24) is 5.32 Å². The predicted octanol–water partition coefficient (Wildman–Crippen LogP) is 2.58. The third-order valence-corrected chi connectivity index (χ3v) is 4.14. The second-order valence-corrected chi connectivity index (χ2v) is 5.68. The number of hydrogen-bond acceptors (Lipinski definition) is 2. The van der Waals surface area contributed by atoms with Gasteiger partial charge in [0.05, 0.1) is 6.10 Å². The fourth-order valence-electron chi connectivity index (χ4n) is 2.57. The zero-order valence-electron chi connectivity index (χ0n) is 11.8. The van der Waals surface area contributed by atoms with Gasteiger partial charge in [-0.25, -0.2) is 0 Å². The van der Waals surface area contributed by atoms with E-state index in [4.69, 9.17) is 0 Å². The van der Waals surface area contributed by atoms with E-state index in [1.165, 1.54) is 5.56 Å². The first-order valence-corrected chi connectivity index (χ1v) is 7.10. The van der Waals surface area contributed by atoms with Crippen LogP contribution in [0.3, 0.4) is 0 Å². The van der Waals surface area contributed by atoms with Crippen molar-refractivity contribution in [3.05, 3.63) is 34.9 Å². The van der Waals surface area contributed by atoms with Gasteiger partial charge in [-0.3, -0.25) is 4.79 Å². The van der Waals surface area contributed by atoms with Gasteiger partial charge in [-0.15, -0.1) is 0 Å². The van der Waals surface area contributed by atoms with Gasteiger partial charge in [0.2, 0.25) is 0 Å². The molecule has 19 heavy (non-hydrogen) atoms. The summed E-state index contributed by atoms with van der Waals surface area (Å²) in [6.07, 6.45) is 3.61. The van der Waals surface area contributed by atoms with Crippen molar-refractivity contribution >= 4 is 5.91 Å². The molecule has 1 aliphatic carbocycles. The molecule has 0 atom stereocenters. The molecule has 1 aromatic rings. The summed E-state index contributed by atoms with van der Waals surface area (Å²) in [6.45, 7) is 4.79. The lowest BCUT2D eigenvalue weighted by Crippen LogP contribution is -2.32. The maximum absolute atomic E-state index is 12.1. The van der Waals surface area contributed by atoms with Gasteiger partial charge < -0.3 is 10.4 Å². The van der Waals surface area contributed by atoms with E-state index in [2.05, 4.69) is 5.32 Å². The SMILES string of the molecule is Cc1ccc(C(=O)NCC2CCC(O)CC2)cc1C. The quantitative estimate of drug-likeness (QED) is 0.878. The second-order valence-electron chi connectivity index (χ2n) is 5.68. The number of amides is 1. The van der Waals surface area contributed by atoms with Gasteiger partial charge in [0.15, 0.2) is 0 Å². The van der Waals surface area contributed by atoms with Crippen LogP contribution in [0.15, 0.2) is 18.2 Å². The third-order valence-electron chi connectivity index (χ3n) is 4.14. The lowest BCUT2D eigenvalue weighted by molar-refractivity contribution is 0.0910. The predicted molar refractivity (Wildman–Crippen MR) is 76.2 cm³/mol. The Morgan fingerprint density at radius 2 is 1.89 bits per heavy atom. The molecule has 0 unspecified atom stereocenters. The van der Waals surface area contributed by atoms with Gasteiger partial charge >= 0.3 is 0 Å². The number of nitrogens with one attached hydrogen (secondary N) is 1. The van der Waals surface area contributed by atoms with Crippen molar-refractivity contribution < 1.29 is 9.90 Å². The van der Waals surface area contributed by atoms with Gasteiger partial charge in [0.25, 0.3) is 5.91 Å². The Labute approximate surface area is 115 Å². The van der Waals surface area contributed by atoms with Gasteiger partial charge in [0.1, 0.15) is 0 Å². The van der Waals surface area contributed by atoms with E-state index in [9.17, 15) is 9.90 Å². The molecule has 0 bridgehead atoms. The molecule has 0 saturated heterocycles. The van der Waals surface area contributed by atoms with Crippen LogP contribution in [0.25, 0.3) is 0 Å². The first-order chi connectivity index (χ1) is 9.06. The minimum absolute atomic E-state index is 0.00854. The molecular formula is C16H23NO2. The number of aliphatic hydroxyl groups is 1. The number of carbonyl (C=O) groups is 1. The molecular weight excluding hydrogens is 238 g/mol. The largest absolute Gasteiger partial charge is 0.393 e. The number of benzene rings is 1. The molecule has 1 saturated carbocycles. The Balaban J connectivity index is 1.85. The summed E-state index contributed by atoms with van der Waals surface area (Å²) >= 11 is 0. The zero-order chi connectivity index (χ0) is 13.8. The number of rotatable bonds is 3. The fraction of sp³-hybridized carbons (Fsp3) is 0.562. The van der Waals surface area contributed by atoms with E-state index in [0.29, 0.717) is 5.92 Å². The highest BCUT2D eigenvalue weighted by atomic mass is 16.3. The molecule has 0 aliphatic heterocycles. The van der Waals surface area contributed by atoms with Crippen molar-refractivity contribution in [3.63, 3.8) is 0 Å². The fourth-order valence-corrected chi connectivity index (χ4v) is 2.57. The highest BCUT2D eigenvalue weighted by Gasteiger charge is 2.19. The summed E-state index contributed by atoms with van der Waals surface area (Å²) in [4.78, 5) is 12.1. The molecule has 1 aliphatic rings. The Bertz CT molecular complexity index is 448. The van der Waals surface area contributed by atoms with Crippen molar-refractivity contribution in [2.75, 3.05) is 6.54 Å². The first kappa shape index (κ1) is 14.1. The van der Waals surface area contributed by atoms with Crippen molar-refractivity contribution in [1.29, 1.82) is 0 Å². The van der Waals surface area contributed by atoms with Crippen molar-refractivity contribution in [3.8, 4) is 0 Å². The summed E-state index contributed by atoms with van der Waals surface area (Å²) in [5, 5.41) is 12.5. The Hall–Kier alpha value is -1.35. The number of aryl methyl sites for hydroxylation is 2. The Morgan fingerprint density at radius 1 is 1.21 bits per heavy atom. The normalized spacial score (nSPS) is 23.1. The Kier molecular flexibility index (Phi) is 4.59. The number of aliphatic hydroxyl groups excluding tert-OH is 1. The first-order valence-electron chi connectivity index (χ1n) is 7.10. The van der Waals surface area contributed by atoms with Gasteiger partial charge in [-0.1, -0.05) is 6.07 Å². The lowest BCUT2D eigenvalue weighted by Gasteiger charge is -2.25. The minimum Gasteiger partial charge on any atom is -0.393 e. The second kappa shape index (κ2) is 6.20. The molecule has 3 heteroatoms. The maximum atomic E-state index is 12.1. The van der Waals surface area contributed by atoms with E-state index >= 15 is 0 Å². The monoisotopic (exact) mass is 261 g/mol. The average molecular weight is 261 g/mol. The van der Waals surface area contributed by atoms with Crippen LogP contribution in [-0.4, -0.2) is 23.7 Å². The Morgan fingerprint density at radius 3 is 2.53 bits per heavy atom. The molecule has 0 aromatic heterocycles. The van der Waals surface area contributed by atoms with Crippen LogP contribution in [0, 0.1) is 19.8 Å². The molecule has 1 fully saturated rings. The minimum atomic E-state index is -0.133. The van der Waals surface area contributed by atoms with E-state index in [0.717, 1.165) is 43.4 Å². The van der Waals surface area contributed by atoms with E-state index in [1.54, 1.807) is 0 Å². The van der Waals surface area contributed by atoms with Crippen LogP contribution >= 0.6 is 0 Å². The van der Waals surface area contributed by atoms with Gasteiger partial charge in [-0.2, -0.15) is 0 Å². The maximum Gasteiger partial charge on any atom is 0.251 e. The summed E-state index contributed by atoms with van der Waals surface area (Å²) < 4.78 is 0. The van der Waals surface area contributed by atoms with Crippen LogP contribution < -0.4 is 5.32 Å². The summed E-state index contributed by atoms with van der Waals surface area (Å²) in [5.74, 6) is 0.521.